The fourth-order valence-corrected chi connectivity index (χ4v) is 4.10. The molecule has 1 aliphatic heterocycles. The number of halogens is 3. The average Bonchev–Trinajstić information content (AvgIpc) is 2.79. The van der Waals surface area contributed by atoms with Crippen molar-refractivity contribution in [3.05, 3.63) is 101 Å². The molecule has 3 aromatic rings. The second-order valence-corrected chi connectivity index (χ2v) is 8.11. The summed E-state index contributed by atoms with van der Waals surface area (Å²) in [7, 11) is 0. The van der Waals surface area contributed by atoms with Gasteiger partial charge in [-0.05, 0) is 36.1 Å². The molecule has 2 N–H and O–H groups in total. The van der Waals surface area contributed by atoms with Crippen molar-refractivity contribution in [2.75, 3.05) is 18.8 Å². The van der Waals surface area contributed by atoms with Crippen LogP contribution in [0.15, 0.2) is 83.9 Å². The van der Waals surface area contributed by atoms with Crippen LogP contribution in [0, 0.1) is 0 Å². The summed E-state index contributed by atoms with van der Waals surface area (Å²) in [5.41, 5.74) is 10.2. The molecule has 3 nitrogen and oxygen atoms in total. The minimum absolute atomic E-state index is 0.164. The van der Waals surface area contributed by atoms with Crippen molar-refractivity contribution in [1.29, 1.82) is 0 Å². The lowest BCUT2D eigenvalue weighted by Gasteiger charge is -2.29. The molecule has 1 fully saturated rings. The Kier molecular flexibility index (Phi) is 6.61. The highest BCUT2D eigenvalue weighted by Crippen LogP contribution is 2.32. The molecule has 1 heterocycles. The van der Waals surface area contributed by atoms with Crippen molar-refractivity contribution in [3.8, 4) is 0 Å². The van der Waals surface area contributed by atoms with Gasteiger partial charge in [0.25, 0.3) is 0 Å². The second-order valence-electron chi connectivity index (χ2n) is 8.11. The van der Waals surface area contributed by atoms with E-state index in [1.165, 1.54) is 12.1 Å². The van der Waals surface area contributed by atoms with Gasteiger partial charge in [-0.2, -0.15) is 13.2 Å². The van der Waals surface area contributed by atoms with E-state index in [2.05, 4.69) is 17.0 Å². The molecule has 0 radical (unpaired) electrons. The Hall–Kier alpha value is -3.12. The number of likely N-dealkylation sites (tertiary alicyclic amines) is 1. The number of rotatable bonds is 5. The Bertz CT molecular complexity index is 1070. The third-order valence-electron chi connectivity index (χ3n) is 5.81. The van der Waals surface area contributed by atoms with Crippen LogP contribution in [0.1, 0.15) is 41.1 Å². The van der Waals surface area contributed by atoms with Gasteiger partial charge in [0.2, 0.25) is 0 Å². The van der Waals surface area contributed by atoms with E-state index >= 15 is 0 Å². The summed E-state index contributed by atoms with van der Waals surface area (Å²) in [6, 6.07) is 23.3. The van der Waals surface area contributed by atoms with E-state index in [-0.39, 0.29) is 6.04 Å². The summed E-state index contributed by atoms with van der Waals surface area (Å²) in [6.07, 6.45) is -2.74. The van der Waals surface area contributed by atoms with Crippen molar-refractivity contribution in [2.45, 2.75) is 31.6 Å². The standard InChI is InChI=1S/C26H26F3N3/c27-26(28,29)21-10-6-7-19(17-21)18-32-15-13-22(14-16-32)31-25(20-8-2-1-3-9-20)23-11-4-5-12-24(23)30/h1-12,17,25H,13-16,18,30H2. The first kappa shape index (κ1) is 22.1. The van der Waals surface area contributed by atoms with Crippen LogP contribution in [-0.2, 0) is 12.7 Å². The zero-order valence-corrected chi connectivity index (χ0v) is 17.7. The molecule has 0 aliphatic carbocycles. The van der Waals surface area contributed by atoms with Crippen LogP contribution in [0.5, 0.6) is 0 Å². The monoisotopic (exact) mass is 437 g/mol. The highest BCUT2D eigenvalue weighted by Gasteiger charge is 2.30. The molecule has 1 saturated heterocycles. The summed E-state index contributed by atoms with van der Waals surface area (Å²) < 4.78 is 39.0. The van der Waals surface area contributed by atoms with Crippen LogP contribution in [0.2, 0.25) is 0 Å². The van der Waals surface area contributed by atoms with Gasteiger partial charge in [0, 0.05) is 36.6 Å². The van der Waals surface area contributed by atoms with Gasteiger partial charge in [-0.25, -0.2) is 0 Å². The van der Waals surface area contributed by atoms with Gasteiger partial charge in [0.15, 0.2) is 0 Å². The summed E-state index contributed by atoms with van der Waals surface area (Å²) in [6.45, 7) is 2.03. The van der Waals surface area contributed by atoms with E-state index in [0.29, 0.717) is 17.8 Å². The minimum Gasteiger partial charge on any atom is -0.398 e. The predicted octanol–water partition coefficient (Wildman–Crippen LogP) is 6.11. The van der Waals surface area contributed by atoms with Gasteiger partial charge in [-0.15, -0.1) is 0 Å². The van der Waals surface area contributed by atoms with E-state index in [9.17, 15) is 13.2 Å². The van der Waals surface area contributed by atoms with Crippen molar-refractivity contribution in [2.24, 2.45) is 4.99 Å². The van der Waals surface area contributed by atoms with Gasteiger partial charge in [-0.3, -0.25) is 9.89 Å². The highest BCUT2D eigenvalue weighted by molar-refractivity contribution is 5.86. The van der Waals surface area contributed by atoms with Gasteiger partial charge in [0.1, 0.15) is 6.04 Å². The molecule has 3 aromatic carbocycles. The van der Waals surface area contributed by atoms with Gasteiger partial charge in [-0.1, -0.05) is 66.7 Å². The van der Waals surface area contributed by atoms with E-state index in [0.717, 1.165) is 48.8 Å². The van der Waals surface area contributed by atoms with Crippen molar-refractivity contribution in [3.63, 3.8) is 0 Å². The maximum absolute atomic E-state index is 13.0. The van der Waals surface area contributed by atoms with Gasteiger partial charge in [0.05, 0.1) is 5.56 Å². The van der Waals surface area contributed by atoms with Gasteiger partial charge >= 0.3 is 6.18 Å². The topological polar surface area (TPSA) is 41.6 Å². The number of alkyl halides is 3. The summed E-state index contributed by atoms with van der Waals surface area (Å²) >= 11 is 0. The number of piperidine rings is 1. The van der Waals surface area contributed by atoms with Crippen LogP contribution < -0.4 is 5.73 Å². The molecule has 1 unspecified atom stereocenters. The fourth-order valence-electron chi connectivity index (χ4n) is 4.10. The molecule has 0 bridgehead atoms. The maximum Gasteiger partial charge on any atom is 0.416 e. The number of nitrogens with two attached hydrogens (primary N) is 1. The number of benzene rings is 3. The highest BCUT2D eigenvalue weighted by atomic mass is 19.4. The van der Waals surface area contributed by atoms with Crippen molar-refractivity contribution in [1.82, 2.24) is 4.90 Å². The lowest BCUT2D eigenvalue weighted by atomic mass is 9.97. The van der Waals surface area contributed by atoms with Crippen LogP contribution in [0.4, 0.5) is 18.9 Å². The first-order valence-electron chi connectivity index (χ1n) is 10.7. The van der Waals surface area contributed by atoms with E-state index in [4.69, 9.17) is 10.7 Å². The zero-order chi connectivity index (χ0) is 22.6. The van der Waals surface area contributed by atoms with Crippen molar-refractivity contribution < 1.29 is 13.2 Å². The number of aliphatic imine (C=N–C) groups is 1. The van der Waals surface area contributed by atoms with E-state index < -0.39 is 11.7 Å². The fraction of sp³-hybridized carbons (Fsp3) is 0.269. The Labute approximate surface area is 186 Å². The molecule has 166 valence electrons. The molecular formula is C26H26F3N3. The number of nitrogen functional groups attached to an aromatic ring is 1. The number of hydrogen-bond acceptors (Lipinski definition) is 3. The molecule has 32 heavy (non-hydrogen) atoms. The van der Waals surface area contributed by atoms with Crippen LogP contribution >= 0.6 is 0 Å². The minimum atomic E-state index is -4.32. The SMILES string of the molecule is Nc1ccccc1C(N=C1CCN(Cc2cccc(C(F)(F)F)c2)CC1)c1ccccc1. The molecular weight excluding hydrogens is 411 g/mol. The number of anilines is 1. The van der Waals surface area contributed by atoms with E-state index in [1.54, 1.807) is 6.07 Å². The van der Waals surface area contributed by atoms with Crippen LogP contribution in [0.3, 0.4) is 0 Å². The Morgan fingerprint density at radius 1 is 0.875 bits per heavy atom. The van der Waals surface area contributed by atoms with Gasteiger partial charge < -0.3 is 5.73 Å². The first-order valence-corrected chi connectivity index (χ1v) is 10.7. The van der Waals surface area contributed by atoms with E-state index in [1.807, 2.05) is 42.5 Å². The Morgan fingerprint density at radius 3 is 2.25 bits per heavy atom. The van der Waals surface area contributed by atoms with Crippen molar-refractivity contribution >= 4 is 11.4 Å². The Morgan fingerprint density at radius 2 is 1.56 bits per heavy atom. The predicted molar refractivity (Wildman–Crippen MR) is 123 cm³/mol. The molecule has 1 aliphatic rings. The summed E-state index contributed by atoms with van der Waals surface area (Å²) in [5, 5.41) is 0. The molecule has 1 atom stereocenters. The molecule has 6 heteroatoms. The summed E-state index contributed by atoms with van der Waals surface area (Å²) in [5.74, 6) is 0. The molecule has 0 spiro atoms. The Balaban J connectivity index is 1.47. The van der Waals surface area contributed by atoms with Crippen LogP contribution in [-0.4, -0.2) is 23.7 Å². The normalized spacial score (nSPS) is 16.0. The smallest absolute Gasteiger partial charge is 0.398 e. The largest absolute Gasteiger partial charge is 0.416 e. The number of hydrogen-bond donors (Lipinski definition) is 1. The quantitative estimate of drug-likeness (QED) is 0.489. The zero-order valence-electron chi connectivity index (χ0n) is 17.7. The third-order valence-corrected chi connectivity index (χ3v) is 5.81. The molecule has 0 saturated carbocycles. The lowest BCUT2D eigenvalue weighted by molar-refractivity contribution is -0.137. The third kappa shape index (κ3) is 5.37. The lowest BCUT2D eigenvalue weighted by Crippen LogP contribution is -2.33. The first-order chi connectivity index (χ1) is 15.4. The second kappa shape index (κ2) is 9.57. The summed E-state index contributed by atoms with van der Waals surface area (Å²) in [4.78, 5) is 7.27. The molecule has 0 amide bonds. The number of para-hydroxylation sites is 1. The number of nitrogens with zero attached hydrogens (tertiary/aromatic N) is 2. The molecule has 4 rings (SSSR count). The molecule has 0 aromatic heterocycles. The average molecular weight is 438 g/mol. The maximum atomic E-state index is 13.0. The van der Waals surface area contributed by atoms with Crippen LogP contribution in [0.25, 0.3) is 0 Å².